The SMILES string of the molecule is C[C@H](Sc1nnc(C2CC2)n1C)C(=O)Nc1ccc2c(c1)OCO2. The van der Waals surface area contributed by atoms with Crippen LogP contribution in [0.25, 0.3) is 0 Å². The van der Waals surface area contributed by atoms with Gasteiger partial charge in [-0.3, -0.25) is 4.79 Å². The van der Waals surface area contributed by atoms with Crippen molar-refractivity contribution in [3.05, 3.63) is 24.0 Å². The molecule has 4 rings (SSSR count). The Morgan fingerprint density at radius 3 is 2.92 bits per heavy atom. The van der Waals surface area contributed by atoms with E-state index < -0.39 is 0 Å². The quantitative estimate of drug-likeness (QED) is 0.838. The van der Waals surface area contributed by atoms with Gasteiger partial charge in [0.05, 0.1) is 5.25 Å². The maximum absolute atomic E-state index is 12.4. The fourth-order valence-corrected chi connectivity index (χ4v) is 3.38. The first-order valence-electron chi connectivity index (χ1n) is 7.88. The summed E-state index contributed by atoms with van der Waals surface area (Å²) in [6.45, 7) is 2.08. The molecule has 2 heterocycles. The summed E-state index contributed by atoms with van der Waals surface area (Å²) in [6, 6.07) is 5.36. The summed E-state index contributed by atoms with van der Waals surface area (Å²) in [4.78, 5) is 12.4. The largest absolute Gasteiger partial charge is 0.454 e. The van der Waals surface area contributed by atoms with Crippen molar-refractivity contribution in [1.82, 2.24) is 14.8 Å². The van der Waals surface area contributed by atoms with Crippen molar-refractivity contribution in [3.8, 4) is 11.5 Å². The summed E-state index contributed by atoms with van der Waals surface area (Å²) in [5.41, 5.74) is 0.688. The Morgan fingerprint density at radius 1 is 1.33 bits per heavy atom. The van der Waals surface area contributed by atoms with Crippen LogP contribution in [0.3, 0.4) is 0 Å². The number of ether oxygens (including phenoxy) is 2. The van der Waals surface area contributed by atoms with Gasteiger partial charge >= 0.3 is 0 Å². The second kappa shape index (κ2) is 6.01. The fraction of sp³-hybridized carbons (Fsp3) is 0.438. The molecule has 1 fully saturated rings. The van der Waals surface area contributed by atoms with E-state index >= 15 is 0 Å². The van der Waals surface area contributed by atoms with E-state index in [9.17, 15) is 4.79 Å². The lowest BCUT2D eigenvalue weighted by molar-refractivity contribution is -0.115. The van der Waals surface area contributed by atoms with Crippen LogP contribution in [0.4, 0.5) is 5.69 Å². The molecule has 1 atom stereocenters. The third-order valence-corrected chi connectivity index (χ3v) is 5.24. The monoisotopic (exact) mass is 346 g/mol. The van der Waals surface area contributed by atoms with Gasteiger partial charge in [0, 0.05) is 24.7 Å². The first-order chi connectivity index (χ1) is 11.6. The minimum Gasteiger partial charge on any atom is -0.454 e. The van der Waals surface area contributed by atoms with Crippen LogP contribution >= 0.6 is 11.8 Å². The zero-order valence-corrected chi connectivity index (χ0v) is 14.3. The highest BCUT2D eigenvalue weighted by Gasteiger charge is 2.30. The second-order valence-electron chi connectivity index (χ2n) is 5.99. The van der Waals surface area contributed by atoms with E-state index in [1.54, 1.807) is 18.2 Å². The molecule has 1 aromatic heterocycles. The molecule has 0 saturated heterocycles. The van der Waals surface area contributed by atoms with E-state index in [0.29, 0.717) is 23.1 Å². The fourth-order valence-electron chi connectivity index (χ4n) is 2.56. The number of anilines is 1. The number of thioether (sulfide) groups is 1. The van der Waals surface area contributed by atoms with E-state index in [0.717, 1.165) is 11.0 Å². The number of rotatable bonds is 5. The maximum atomic E-state index is 12.4. The maximum Gasteiger partial charge on any atom is 0.237 e. The molecule has 1 saturated carbocycles. The van der Waals surface area contributed by atoms with Crippen molar-refractivity contribution < 1.29 is 14.3 Å². The third-order valence-electron chi connectivity index (χ3n) is 4.10. The van der Waals surface area contributed by atoms with Crippen LogP contribution in [0.5, 0.6) is 11.5 Å². The Labute approximate surface area is 143 Å². The summed E-state index contributed by atoms with van der Waals surface area (Å²) in [6.07, 6.45) is 2.35. The standard InChI is InChI=1S/C16H18N4O3S/c1-9(24-16-19-18-14(20(16)2)10-3-4-10)15(21)17-11-5-6-12-13(7-11)23-8-22-12/h5-7,9-10H,3-4,8H2,1-2H3,(H,17,21)/t9-/m0/s1. The molecule has 1 aromatic carbocycles. The van der Waals surface area contributed by atoms with E-state index in [1.165, 1.54) is 24.6 Å². The van der Waals surface area contributed by atoms with E-state index in [-0.39, 0.29) is 18.0 Å². The first kappa shape index (κ1) is 15.3. The number of aromatic nitrogens is 3. The summed E-state index contributed by atoms with van der Waals surface area (Å²) < 4.78 is 12.6. The Bertz CT molecular complexity index is 788. The lowest BCUT2D eigenvalue weighted by atomic mass is 10.2. The number of hydrogen-bond acceptors (Lipinski definition) is 6. The highest BCUT2D eigenvalue weighted by atomic mass is 32.2. The molecular formula is C16H18N4O3S. The average molecular weight is 346 g/mol. The summed E-state index contributed by atoms with van der Waals surface area (Å²) in [5, 5.41) is 11.8. The number of benzene rings is 1. The smallest absolute Gasteiger partial charge is 0.237 e. The van der Waals surface area contributed by atoms with E-state index in [4.69, 9.17) is 9.47 Å². The molecule has 1 N–H and O–H groups in total. The van der Waals surface area contributed by atoms with Crippen LogP contribution in [-0.4, -0.2) is 32.7 Å². The highest BCUT2D eigenvalue weighted by Crippen LogP contribution is 2.40. The van der Waals surface area contributed by atoms with Gasteiger partial charge in [-0.25, -0.2) is 0 Å². The molecule has 1 aliphatic carbocycles. The van der Waals surface area contributed by atoms with E-state index in [2.05, 4.69) is 15.5 Å². The number of amides is 1. The zero-order chi connectivity index (χ0) is 16.7. The first-order valence-corrected chi connectivity index (χ1v) is 8.76. The topological polar surface area (TPSA) is 78.3 Å². The molecule has 2 aromatic rings. The van der Waals surface area contributed by atoms with Crippen LogP contribution in [0.15, 0.2) is 23.4 Å². The predicted octanol–water partition coefficient (Wildman–Crippen LogP) is 2.54. The van der Waals surface area contributed by atoms with Gasteiger partial charge in [-0.15, -0.1) is 10.2 Å². The lowest BCUT2D eigenvalue weighted by Crippen LogP contribution is -2.22. The summed E-state index contributed by atoms with van der Waals surface area (Å²) in [5.74, 6) is 2.81. The molecule has 0 bridgehead atoms. The van der Waals surface area contributed by atoms with Crippen LogP contribution in [0.1, 0.15) is 31.5 Å². The zero-order valence-electron chi connectivity index (χ0n) is 13.5. The second-order valence-corrected chi connectivity index (χ2v) is 7.30. The predicted molar refractivity (Wildman–Crippen MR) is 89.5 cm³/mol. The molecule has 0 spiro atoms. The number of nitrogens with zero attached hydrogens (tertiary/aromatic N) is 3. The van der Waals surface area contributed by atoms with E-state index in [1.807, 2.05) is 18.5 Å². The Hall–Kier alpha value is -2.22. The van der Waals surface area contributed by atoms with Gasteiger partial charge in [0.25, 0.3) is 0 Å². The number of nitrogens with one attached hydrogen (secondary N) is 1. The van der Waals surface area contributed by atoms with Gasteiger partial charge in [0.15, 0.2) is 16.7 Å². The minimum atomic E-state index is -0.287. The third kappa shape index (κ3) is 2.93. The Balaban J connectivity index is 1.40. The number of carbonyl (C=O) groups excluding carboxylic acids is 1. The van der Waals surface area contributed by atoms with Gasteiger partial charge in [0.1, 0.15) is 5.82 Å². The Kier molecular flexibility index (Phi) is 3.84. The average Bonchev–Trinajstić information content (AvgIpc) is 3.19. The number of fused-ring (bicyclic) bond motifs is 1. The van der Waals surface area contributed by atoms with Crippen molar-refractivity contribution in [2.75, 3.05) is 12.1 Å². The van der Waals surface area contributed by atoms with Gasteiger partial charge in [-0.1, -0.05) is 11.8 Å². The van der Waals surface area contributed by atoms with Crippen molar-refractivity contribution in [1.29, 1.82) is 0 Å². The Morgan fingerprint density at radius 2 is 2.12 bits per heavy atom. The van der Waals surface area contributed by atoms with Crippen LogP contribution in [-0.2, 0) is 11.8 Å². The van der Waals surface area contributed by atoms with Crippen molar-refractivity contribution in [3.63, 3.8) is 0 Å². The number of hydrogen-bond donors (Lipinski definition) is 1. The van der Waals surface area contributed by atoms with Crippen molar-refractivity contribution in [2.45, 2.75) is 36.1 Å². The van der Waals surface area contributed by atoms with Crippen LogP contribution in [0.2, 0.25) is 0 Å². The van der Waals surface area contributed by atoms with Gasteiger partial charge < -0.3 is 19.4 Å². The molecule has 0 radical (unpaired) electrons. The summed E-state index contributed by atoms with van der Waals surface area (Å²) >= 11 is 1.41. The normalized spacial score (nSPS) is 16.9. The summed E-state index contributed by atoms with van der Waals surface area (Å²) in [7, 11) is 1.96. The molecule has 0 unspecified atom stereocenters. The van der Waals surface area contributed by atoms with Crippen molar-refractivity contribution in [2.24, 2.45) is 7.05 Å². The molecule has 1 aliphatic heterocycles. The lowest BCUT2D eigenvalue weighted by Gasteiger charge is -2.12. The minimum absolute atomic E-state index is 0.0881. The number of carbonyl (C=O) groups is 1. The molecule has 126 valence electrons. The highest BCUT2D eigenvalue weighted by molar-refractivity contribution is 8.00. The molecular weight excluding hydrogens is 328 g/mol. The van der Waals surface area contributed by atoms with Crippen LogP contribution < -0.4 is 14.8 Å². The molecule has 8 heteroatoms. The van der Waals surface area contributed by atoms with Crippen LogP contribution in [0, 0.1) is 0 Å². The van der Waals surface area contributed by atoms with Crippen molar-refractivity contribution >= 4 is 23.4 Å². The van der Waals surface area contributed by atoms with Gasteiger partial charge in [-0.2, -0.15) is 0 Å². The van der Waals surface area contributed by atoms with Gasteiger partial charge in [-0.05, 0) is 31.9 Å². The van der Waals surface area contributed by atoms with Gasteiger partial charge in [0.2, 0.25) is 12.7 Å². The molecule has 1 amide bonds. The molecule has 2 aliphatic rings. The molecule has 24 heavy (non-hydrogen) atoms. The molecule has 7 nitrogen and oxygen atoms in total.